The molecule has 0 spiro atoms. The Balaban J connectivity index is 1.43. The summed E-state index contributed by atoms with van der Waals surface area (Å²) < 4.78 is 0. The molecular formula is C84H126N22O18S2. The zero-order valence-corrected chi connectivity index (χ0v) is 74.9. The largest absolute Gasteiger partial charge is 0.396 e. The maximum absolute atomic E-state index is 15.3. The number of para-hydroxylation sites is 1. The van der Waals surface area contributed by atoms with Crippen LogP contribution in [0.2, 0.25) is 0 Å². The summed E-state index contributed by atoms with van der Waals surface area (Å²) in [5.41, 5.74) is 18.9. The average Bonchev–Trinajstić information content (AvgIpc) is 1.66. The van der Waals surface area contributed by atoms with Crippen molar-refractivity contribution in [2.45, 2.75) is 216 Å². The van der Waals surface area contributed by atoms with Gasteiger partial charge in [0.1, 0.15) is 66.5 Å². The SMILES string of the molecule is CCCC[C@H]1C(=O)N(C)[C@@H](CCCC)C(=O)N[C@@H](CCCNC(=N)N)C(=O)N[C@H](C(=O)NCC(N)=O)CSCC(=O)N[C@@H](Cc2ccccc2)C(=O)N(C)[C@@H](C)C(=O)N[C@@H](CC(N)=O)C(=O)N2CCC[C@H]2C(=O)N[C@@H](Cc2cnc[nH]2)C(=O)N[C@@H](CC(C)C)C(=O)N(C)CC(=O)N[C@@H](Cc2c[nH]c3ccccc23)C(=O)C[C@@H](CO)C(=O)N[C@@H](CCSC)C(=O)N1C. The number of aliphatic hydroxyl groups is 1. The van der Waals surface area contributed by atoms with Crippen LogP contribution in [0.4, 0.5) is 0 Å². The Morgan fingerprint density at radius 2 is 1.25 bits per heavy atom. The Kier molecular flexibility index (Phi) is 42.3. The zero-order chi connectivity index (χ0) is 93.0. The van der Waals surface area contributed by atoms with E-state index in [0.717, 1.165) is 26.5 Å². The number of aromatic nitrogens is 3. The van der Waals surface area contributed by atoms with E-state index in [1.54, 1.807) is 80.9 Å². The van der Waals surface area contributed by atoms with Crippen molar-refractivity contribution in [3.63, 3.8) is 0 Å². The van der Waals surface area contributed by atoms with Gasteiger partial charge < -0.3 is 110 Å². The van der Waals surface area contributed by atoms with Gasteiger partial charge in [0.2, 0.25) is 94.5 Å². The molecule has 2 aromatic heterocycles. The third-order valence-electron chi connectivity index (χ3n) is 21.9. The molecule has 2 aliphatic heterocycles. The van der Waals surface area contributed by atoms with E-state index < -0.39 is 229 Å². The number of nitrogens with two attached hydrogens (primary N) is 3. The van der Waals surface area contributed by atoms with Crippen molar-refractivity contribution >= 4 is 141 Å². The molecule has 4 heterocycles. The average molecular weight is 1800 g/mol. The number of Topliss-reactive ketones (excluding diaryl/α,β-unsaturated/α-hetero) is 1. The number of aliphatic hydroxyl groups excluding tert-OH is 1. The number of nitrogens with zero attached hydrogens (tertiary/aromatic N) is 6. The van der Waals surface area contributed by atoms with Crippen molar-refractivity contribution in [1.82, 2.24) is 92.6 Å². The molecule has 20 N–H and O–H groups in total. The van der Waals surface area contributed by atoms with E-state index in [0.29, 0.717) is 53.4 Å². The van der Waals surface area contributed by atoms with Gasteiger partial charge in [0.05, 0.1) is 50.2 Å². The van der Waals surface area contributed by atoms with Crippen LogP contribution in [0.25, 0.3) is 10.9 Å². The van der Waals surface area contributed by atoms with Gasteiger partial charge in [-0.3, -0.25) is 86.9 Å². The number of H-pyrrole nitrogens is 2. The first kappa shape index (κ1) is 103. The van der Waals surface area contributed by atoms with Crippen molar-refractivity contribution in [2.24, 2.45) is 29.0 Å². The van der Waals surface area contributed by atoms with Gasteiger partial charge in [0, 0.05) is 102 Å². The molecule has 42 heteroatoms. The minimum Gasteiger partial charge on any atom is -0.396 e. The van der Waals surface area contributed by atoms with Gasteiger partial charge in [-0.25, -0.2) is 4.98 Å². The number of carbonyl (C=O) groups excluding carboxylic acids is 17. The fourth-order valence-corrected chi connectivity index (χ4v) is 16.1. The Labute approximate surface area is 741 Å². The van der Waals surface area contributed by atoms with E-state index in [2.05, 4.69) is 68.1 Å². The molecule has 0 unspecified atom stereocenters. The number of likely N-dealkylation sites (N-methyl/N-ethyl adjacent to an activating group) is 4. The Morgan fingerprint density at radius 3 is 1.89 bits per heavy atom. The van der Waals surface area contributed by atoms with E-state index in [9.17, 15) is 72.2 Å². The fraction of sp³-hybridized carbons (Fsp3) is 0.583. The van der Waals surface area contributed by atoms with Crippen LogP contribution in [-0.4, -0.2) is 308 Å². The Morgan fingerprint density at radius 1 is 0.619 bits per heavy atom. The molecule has 692 valence electrons. The summed E-state index contributed by atoms with van der Waals surface area (Å²) in [5, 5.41) is 46.1. The Hall–Kier alpha value is -11.7. The van der Waals surface area contributed by atoms with Crippen molar-refractivity contribution in [2.75, 3.05) is 84.5 Å². The quantitative estimate of drug-likeness (QED) is 0.0174. The minimum absolute atomic E-state index is 0.00570. The molecule has 13 atom stereocenters. The number of aromatic amines is 2. The number of fused-ring (bicyclic) bond motifs is 2. The van der Waals surface area contributed by atoms with Gasteiger partial charge in [-0.2, -0.15) is 11.8 Å². The van der Waals surface area contributed by atoms with Gasteiger partial charge in [0.15, 0.2) is 11.7 Å². The topological polar surface area (TPSA) is 593 Å². The summed E-state index contributed by atoms with van der Waals surface area (Å²) in [6, 6.07) is -1.70. The lowest BCUT2D eigenvalue weighted by Crippen LogP contribution is -2.60. The van der Waals surface area contributed by atoms with Crippen LogP contribution < -0.4 is 70.4 Å². The summed E-state index contributed by atoms with van der Waals surface area (Å²) in [4.78, 5) is 262. The highest BCUT2D eigenvalue weighted by Gasteiger charge is 2.44. The number of hydrogen-bond acceptors (Lipinski definition) is 22. The van der Waals surface area contributed by atoms with Crippen LogP contribution in [0.5, 0.6) is 0 Å². The number of benzene rings is 2. The van der Waals surface area contributed by atoms with Crippen molar-refractivity contribution < 1.29 is 86.6 Å². The molecule has 2 fully saturated rings. The molecule has 126 heavy (non-hydrogen) atoms. The van der Waals surface area contributed by atoms with Gasteiger partial charge in [-0.1, -0.05) is 102 Å². The summed E-state index contributed by atoms with van der Waals surface area (Å²) in [6.45, 7) is 6.18. The van der Waals surface area contributed by atoms with Crippen molar-refractivity contribution in [3.05, 3.63) is 90.1 Å². The number of thioether (sulfide) groups is 2. The molecular weight excluding hydrogens is 1670 g/mol. The molecule has 0 aliphatic carbocycles. The number of primary amides is 2. The second-order valence-corrected chi connectivity index (χ2v) is 34.2. The predicted octanol–water partition coefficient (Wildman–Crippen LogP) is -2.02. The lowest BCUT2D eigenvalue weighted by Gasteiger charge is -2.36. The number of ketones is 1. The van der Waals surface area contributed by atoms with E-state index >= 15 is 14.4 Å². The first-order valence-corrected chi connectivity index (χ1v) is 44.9. The van der Waals surface area contributed by atoms with Gasteiger partial charge in [-0.15, -0.1) is 11.8 Å². The van der Waals surface area contributed by atoms with Crippen LogP contribution in [0.3, 0.4) is 0 Å². The zero-order valence-electron chi connectivity index (χ0n) is 73.3. The second kappa shape index (κ2) is 51.7. The van der Waals surface area contributed by atoms with E-state index in [4.69, 9.17) is 22.6 Å². The highest BCUT2D eigenvalue weighted by atomic mass is 32.2. The third-order valence-corrected chi connectivity index (χ3v) is 23.6. The van der Waals surface area contributed by atoms with Crippen molar-refractivity contribution in [3.8, 4) is 0 Å². The number of rotatable bonds is 27. The lowest BCUT2D eigenvalue weighted by atomic mass is 9.93. The summed E-state index contributed by atoms with van der Waals surface area (Å²) in [5.74, 6) is -17.6. The maximum atomic E-state index is 15.3. The normalized spacial score (nSPS) is 24.1. The maximum Gasteiger partial charge on any atom is 0.246 e. The van der Waals surface area contributed by atoms with Crippen LogP contribution >= 0.6 is 23.5 Å². The smallest absolute Gasteiger partial charge is 0.246 e. The molecule has 2 aliphatic rings. The van der Waals surface area contributed by atoms with Gasteiger partial charge >= 0.3 is 0 Å². The van der Waals surface area contributed by atoms with E-state index in [1.807, 2.05) is 13.8 Å². The van der Waals surface area contributed by atoms with Crippen LogP contribution in [0, 0.1) is 17.2 Å². The number of nitrogens with one attached hydrogen (secondary N) is 13. The fourth-order valence-electron chi connectivity index (χ4n) is 14.8. The molecule has 16 amide bonds. The number of unbranched alkanes of at least 4 members (excludes halogenated alkanes) is 2. The molecule has 2 aromatic carbocycles. The number of imidazole rings is 1. The molecule has 2 saturated heterocycles. The van der Waals surface area contributed by atoms with Gasteiger partial charge in [-0.05, 0) is 93.4 Å². The first-order valence-electron chi connectivity index (χ1n) is 42.4. The molecule has 6 rings (SSSR count). The highest BCUT2D eigenvalue weighted by Crippen LogP contribution is 2.25. The number of guanidine groups is 1. The van der Waals surface area contributed by atoms with Gasteiger partial charge in [0.25, 0.3) is 0 Å². The molecule has 4 aromatic rings. The standard InChI is InChI=1S/C84H126N22O18S2/c1-11-13-27-64-77(118)96-56(26-20-31-90-84(87)88)75(116)101-63(74(115)92-42-69(86)110)45-126-46-71(112)95-61(35-50-22-16-15-17-23-50)81(122)103(7)49(5)72(113)99-62(39-68(85)109)82(123)106-32-21-29-65(106)78(119)98-59(38-53-41-89-47-93-53)76(117)100-60(34-48(3)4)79(120)102(6)43-70(111)94-58(36-51-40-91-55-25-19-18-24-54(51)55)67(108)37-52(44-107)73(114)97-57(30-33-125-10)80(121)105(9)66(28-14-12-2)83(124)104(64)8/h15-19,22-25,40-41,47-49,52,56-66,91,107H,11-14,20-21,26-39,42-46H2,1-10H3,(H2,85,109)(H2,86,110)(H,89,93)(H,92,115)(H,94,111)(H,95,112)(H,96,118)(H,97,114)(H,98,119)(H,99,113)(H,100,117)(H,101,116)(H4,87,88,90)/t49-,52-,56-,57-,58-,59-,60-,61-,62-,63-,64-,65-,66-/m0/s1. The molecule has 0 saturated carbocycles. The molecule has 40 nitrogen and oxygen atoms in total. The van der Waals surface area contributed by atoms with Crippen LogP contribution in [0.15, 0.2) is 73.3 Å². The number of amides is 16. The minimum atomic E-state index is -1.73. The highest BCUT2D eigenvalue weighted by molar-refractivity contribution is 8.00. The third kappa shape index (κ3) is 31.8. The van der Waals surface area contributed by atoms with Crippen LogP contribution in [-0.2, 0) is 101 Å². The summed E-state index contributed by atoms with van der Waals surface area (Å²) >= 11 is 2.14. The predicted molar refractivity (Wildman–Crippen MR) is 472 cm³/mol. The summed E-state index contributed by atoms with van der Waals surface area (Å²) in [6.07, 6.45) is 6.09. The first-order chi connectivity index (χ1) is 59.9. The van der Waals surface area contributed by atoms with Crippen molar-refractivity contribution in [1.29, 1.82) is 5.41 Å². The lowest BCUT2D eigenvalue weighted by molar-refractivity contribution is -0.149. The number of carbonyl (C=O) groups is 17. The molecule has 0 bridgehead atoms. The van der Waals surface area contributed by atoms with E-state index in [1.165, 1.54) is 69.2 Å². The number of hydrogen-bond donors (Lipinski definition) is 17. The molecule has 0 radical (unpaired) electrons. The van der Waals surface area contributed by atoms with E-state index in [-0.39, 0.29) is 95.4 Å². The second-order valence-electron chi connectivity index (χ2n) is 32.2. The Bertz CT molecular complexity index is 4420. The van der Waals surface area contributed by atoms with Crippen LogP contribution in [0.1, 0.15) is 141 Å². The monoisotopic (exact) mass is 1790 g/mol. The summed E-state index contributed by atoms with van der Waals surface area (Å²) in [7, 11) is 5.30.